The van der Waals surface area contributed by atoms with Crippen LogP contribution >= 0.6 is 0 Å². The first-order valence-corrected chi connectivity index (χ1v) is 4.20. The molecule has 0 radical (unpaired) electrons. The molecule has 0 fully saturated rings. The Morgan fingerprint density at radius 2 is 1.75 bits per heavy atom. The molecule has 7 nitrogen and oxygen atoms in total. The van der Waals surface area contributed by atoms with Crippen LogP contribution in [-0.4, -0.2) is 22.9 Å². The third kappa shape index (κ3) is 2.55. The smallest absolute Gasteiger partial charge is 0.337 e. The number of rotatable bonds is 2. The van der Waals surface area contributed by atoms with Crippen molar-refractivity contribution in [3.05, 3.63) is 29.8 Å². The van der Waals surface area contributed by atoms with Gasteiger partial charge < -0.3 is 10.4 Å². The molecule has 16 heavy (non-hydrogen) atoms. The van der Waals surface area contributed by atoms with Crippen LogP contribution in [0.2, 0.25) is 0 Å². The molecule has 2 amide bonds. The highest BCUT2D eigenvalue weighted by Crippen LogP contribution is 2.14. The van der Waals surface area contributed by atoms with Crippen molar-refractivity contribution in [2.45, 2.75) is 0 Å². The molecule has 0 aliphatic rings. The monoisotopic (exact) mass is 223 g/mol. The summed E-state index contributed by atoms with van der Waals surface area (Å²) in [4.78, 5) is 32.7. The van der Waals surface area contributed by atoms with E-state index in [1.165, 1.54) is 24.3 Å². The van der Waals surface area contributed by atoms with Crippen molar-refractivity contribution in [1.29, 1.82) is 0 Å². The van der Waals surface area contributed by atoms with E-state index in [1.54, 1.807) is 5.43 Å². The number of hydrazine groups is 1. The lowest BCUT2D eigenvalue weighted by molar-refractivity contribution is -0.136. The van der Waals surface area contributed by atoms with Gasteiger partial charge >= 0.3 is 17.8 Å². The minimum absolute atomic E-state index is 0.0311. The van der Waals surface area contributed by atoms with Gasteiger partial charge in [0.2, 0.25) is 0 Å². The maximum atomic E-state index is 11.1. The molecule has 0 aromatic heterocycles. The van der Waals surface area contributed by atoms with E-state index in [1.807, 2.05) is 0 Å². The van der Waals surface area contributed by atoms with Crippen LogP contribution in [0.5, 0.6) is 0 Å². The Labute approximate surface area is 90.2 Å². The molecule has 0 spiro atoms. The first-order valence-electron chi connectivity index (χ1n) is 4.20. The first kappa shape index (κ1) is 11.7. The van der Waals surface area contributed by atoms with E-state index in [0.29, 0.717) is 0 Å². The zero-order valence-electron chi connectivity index (χ0n) is 8.06. The molecule has 5 N–H and O–H groups in total. The van der Waals surface area contributed by atoms with Crippen LogP contribution in [0.15, 0.2) is 24.3 Å². The van der Waals surface area contributed by atoms with Crippen molar-refractivity contribution < 1.29 is 19.5 Å². The van der Waals surface area contributed by atoms with Gasteiger partial charge in [0.05, 0.1) is 11.3 Å². The van der Waals surface area contributed by atoms with Crippen LogP contribution in [-0.2, 0) is 9.59 Å². The molecule has 0 aliphatic carbocycles. The maximum Gasteiger partial charge on any atom is 0.337 e. The van der Waals surface area contributed by atoms with Crippen LogP contribution in [0.3, 0.4) is 0 Å². The molecule has 0 atom stereocenters. The number of benzene rings is 1. The highest BCUT2D eigenvalue weighted by atomic mass is 16.4. The molecule has 0 saturated carbocycles. The van der Waals surface area contributed by atoms with Gasteiger partial charge in [-0.3, -0.25) is 15.0 Å². The fraction of sp³-hybridized carbons (Fsp3) is 0. The number of hydrogen-bond acceptors (Lipinski definition) is 4. The Kier molecular flexibility index (Phi) is 3.57. The number of carbonyl (C=O) groups excluding carboxylic acids is 2. The lowest BCUT2D eigenvalue weighted by Crippen LogP contribution is -2.39. The maximum absolute atomic E-state index is 11.1. The van der Waals surface area contributed by atoms with Gasteiger partial charge in [-0.25, -0.2) is 10.6 Å². The van der Waals surface area contributed by atoms with Gasteiger partial charge in [-0.1, -0.05) is 12.1 Å². The van der Waals surface area contributed by atoms with Crippen molar-refractivity contribution in [3.8, 4) is 0 Å². The summed E-state index contributed by atoms with van der Waals surface area (Å²) in [6.07, 6.45) is 0. The minimum atomic E-state index is -1.20. The molecule has 84 valence electrons. The van der Waals surface area contributed by atoms with E-state index in [2.05, 4.69) is 5.32 Å². The van der Waals surface area contributed by atoms with Crippen molar-refractivity contribution in [1.82, 2.24) is 5.43 Å². The van der Waals surface area contributed by atoms with Gasteiger partial charge in [-0.15, -0.1) is 0 Å². The van der Waals surface area contributed by atoms with Gasteiger partial charge in [0.25, 0.3) is 0 Å². The number of amides is 2. The molecule has 0 bridgehead atoms. The summed E-state index contributed by atoms with van der Waals surface area (Å²) < 4.78 is 0. The van der Waals surface area contributed by atoms with Gasteiger partial charge in [-0.05, 0) is 12.1 Å². The Morgan fingerprint density at radius 3 is 2.31 bits per heavy atom. The van der Waals surface area contributed by atoms with Crippen LogP contribution in [0.4, 0.5) is 5.69 Å². The molecule has 0 saturated heterocycles. The molecular formula is C9H9N3O4. The molecule has 1 aromatic rings. The average Bonchev–Trinajstić information content (AvgIpc) is 2.28. The van der Waals surface area contributed by atoms with E-state index in [0.717, 1.165) is 0 Å². The Hall–Kier alpha value is -2.41. The minimum Gasteiger partial charge on any atom is -0.478 e. The Morgan fingerprint density at radius 1 is 1.12 bits per heavy atom. The van der Waals surface area contributed by atoms with Crippen molar-refractivity contribution in [3.63, 3.8) is 0 Å². The zero-order valence-corrected chi connectivity index (χ0v) is 8.06. The fourth-order valence-electron chi connectivity index (χ4n) is 1.02. The van der Waals surface area contributed by atoms with Gasteiger partial charge in [0.1, 0.15) is 0 Å². The van der Waals surface area contributed by atoms with Gasteiger partial charge in [-0.2, -0.15) is 0 Å². The Bertz CT molecular complexity index is 444. The number of aromatic carboxylic acids is 1. The van der Waals surface area contributed by atoms with E-state index in [4.69, 9.17) is 10.9 Å². The summed E-state index contributed by atoms with van der Waals surface area (Å²) in [5.74, 6) is 1.46. The second-order valence-electron chi connectivity index (χ2n) is 2.78. The summed E-state index contributed by atoms with van der Waals surface area (Å²) in [6.45, 7) is 0. The van der Waals surface area contributed by atoms with E-state index >= 15 is 0 Å². The SMILES string of the molecule is NNC(=O)C(=O)Nc1ccccc1C(=O)O. The van der Waals surface area contributed by atoms with E-state index < -0.39 is 17.8 Å². The van der Waals surface area contributed by atoms with Gasteiger partial charge in [0, 0.05) is 0 Å². The summed E-state index contributed by atoms with van der Waals surface area (Å²) in [7, 11) is 0. The number of nitrogens with one attached hydrogen (secondary N) is 2. The molecule has 0 aliphatic heterocycles. The van der Waals surface area contributed by atoms with Gasteiger partial charge in [0.15, 0.2) is 0 Å². The largest absolute Gasteiger partial charge is 0.478 e. The molecular weight excluding hydrogens is 214 g/mol. The Balaban J connectivity index is 2.93. The topological polar surface area (TPSA) is 122 Å². The fourth-order valence-corrected chi connectivity index (χ4v) is 1.02. The number of nitrogens with two attached hydrogens (primary N) is 1. The van der Waals surface area contributed by atoms with Crippen LogP contribution in [0.25, 0.3) is 0 Å². The zero-order chi connectivity index (χ0) is 12.1. The normalized spacial score (nSPS) is 9.31. The summed E-state index contributed by atoms with van der Waals surface area (Å²) in [6, 6.07) is 5.70. The second kappa shape index (κ2) is 4.89. The second-order valence-corrected chi connectivity index (χ2v) is 2.78. The third-order valence-corrected chi connectivity index (χ3v) is 1.74. The predicted molar refractivity (Wildman–Crippen MR) is 54.4 cm³/mol. The lowest BCUT2D eigenvalue weighted by atomic mass is 10.2. The van der Waals surface area contributed by atoms with E-state index in [9.17, 15) is 14.4 Å². The highest BCUT2D eigenvalue weighted by Gasteiger charge is 2.15. The third-order valence-electron chi connectivity index (χ3n) is 1.74. The molecule has 1 aromatic carbocycles. The van der Waals surface area contributed by atoms with Crippen LogP contribution < -0.4 is 16.6 Å². The highest BCUT2D eigenvalue weighted by molar-refractivity contribution is 6.39. The van der Waals surface area contributed by atoms with E-state index in [-0.39, 0.29) is 11.3 Å². The standard InChI is InChI=1S/C9H9N3O4/c10-12-8(14)7(13)11-6-4-2-1-3-5(6)9(15)16/h1-4H,10H2,(H,11,13)(H,12,14)(H,15,16). The number of anilines is 1. The summed E-state index contributed by atoms with van der Waals surface area (Å²) >= 11 is 0. The number of carboxylic acid groups (broad SMARTS) is 1. The number of hydrogen-bond donors (Lipinski definition) is 4. The number of carboxylic acids is 1. The molecule has 1 rings (SSSR count). The summed E-state index contributed by atoms with van der Waals surface area (Å²) in [5.41, 5.74) is 1.56. The predicted octanol–water partition coefficient (Wildman–Crippen LogP) is -0.687. The van der Waals surface area contributed by atoms with Crippen molar-refractivity contribution in [2.75, 3.05) is 5.32 Å². The molecule has 0 unspecified atom stereocenters. The summed E-state index contributed by atoms with van der Waals surface area (Å²) in [5, 5.41) is 10.9. The number of para-hydroxylation sites is 1. The van der Waals surface area contributed by atoms with Crippen molar-refractivity contribution >= 4 is 23.5 Å². The first-order chi connectivity index (χ1) is 7.56. The lowest BCUT2D eigenvalue weighted by Gasteiger charge is -2.06. The molecule has 7 heteroatoms. The van der Waals surface area contributed by atoms with Crippen molar-refractivity contribution in [2.24, 2.45) is 5.84 Å². The average molecular weight is 223 g/mol. The number of carbonyl (C=O) groups is 3. The quantitative estimate of drug-likeness (QED) is 0.229. The van der Waals surface area contributed by atoms with Crippen LogP contribution in [0.1, 0.15) is 10.4 Å². The van der Waals surface area contributed by atoms with Crippen LogP contribution in [0, 0.1) is 0 Å². The molecule has 0 heterocycles.